The number of fused-ring (bicyclic) bond motifs is 6. The number of aromatic nitrogens is 3. The van der Waals surface area contributed by atoms with Crippen LogP contribution < -0.4 is 4.74 Å². The molecule has 0 amide bonds. The molecular formula is C32H28F6IrN3O3-. The van der Waals surface area contributed by atoms with Crippen molar-refractivity contribution in [2.45, 2.75) is 46.5 Å². The molecule has 0 bridgehead atoms. The molecule has 241 valence electrons. The summed E-state index contributed by atoms with van der Waals surface area (Å²) in [5.41, 5.74) is 2.69. The van der Waals surface area contributed by atoms with Gasteiger partial charge in [-0.15, -0.1) is 0 Å². The molecule has 45 heavy (non-hydrogen) atoms. The fourth-order valence-corrected chi connectivity index (χ4v) is 4.49. The van der Waals surface area contributed by atoms with Crippen LogP contribution in [-0.4, -0.2) is 44.4 Å². The van der Waals surface area contributed by atoms with E-state index in [-0.39, 0.29) is 31.8 Å². The number of aliphatic hydroxyl groups excluding tert-OH is 1. The Labute approximate surface area is 268 Å². The number of hydrogen-bond donors (Lipinski definition) is 1. The number of allylic oxidation sites excluding steroid dienone is 2. The van der Waals surface area contributed by atoms with Crippen LogP contribution in [0.15, 0.2) is 66.6 Å². The minimum atomic E-state index is -5.57. The van der Waals surface area contributed by atoms with Gasteiger partial charge < -0.3 is 14.8 Å². The standard InChI is InChI=1S/C16H16F6O3.C16H12N3.Ir/c1-3-9(2)8-25-11-6-4-10(5-7-11)12(13(23)15(17,18)19)14(24)16(20,21)22;1-10-5-3-6-12-14-9-11(2)18-19(14)13-7-4-8-17-16(13)15(10)12;/h4-7,9,23H,3,8H2,1-2H3;3-6,8-9H,1-2H3;/q;-1;/b13-12-;;. The third kappa shape index (κ3) is 7.83. The van der Waals surface area contributed by atoms with E-state index in [9.17, 15) is 31.1 Å². The summed E-state index contributed by atoms with van der Waals surface area (Å²) in [6.07, 6.45) is -8.46. The van der Waals surface area contributed by atoms with Gasteiger partial charge in [0.1, 0.15) is 5.75 Å². The van der Waals surface area contributed by atoms with Crippen molar-refractivity contribution < 1.29 is 61.1 Å². The molecule has 3 heterocycles. The Morgan fingerprint density at radius 3 is 2.31 bits per heavy atom. The van der Waals surface area contributed by atoms with E-state index in [4.69, 9.17) is 9.84 Å². The summed E-state index contributed by atoms with van der Waals surface area (Å²) in [5, 5.41) is 16.1. The topological polar surface area (TPSA) is 76.7 Å². The Morgan fingerprint density at radius 2 is 1.71 bits per heavy atom. The van der Waals surface area contributed by atoms with Gasteiger partial charge in [-0.1, -0.05) is 62.4 Å². The molecule has 2 aromatic carbocycles. The molecule has 5 aromatic rings. The van der Waals surface area contributed by atoms with Crippen LogP contribution in [0.25, 0.3) is 32.9 Å². The molecule has 1 atom stereocenters. The van der Waals surface area contributed by atoms with Crippen LogP contribution in [0.2, 0.25) is 0 Å². The first-order valence-electron chi connectivity index (χ1n) is 13.5. The van der Waals surface area contributed by atoms with Gasteiger partial charge in [-0.2, -0.15) is 43.6 Å². The van der Waals surface area contributed by atoms with Crippen molar-refractivity contribution in [3.05, 3.63) is 89.4 Å². The van der Waals surface area contributed by atoms with Crippen molar-refractivity contribution in [2.75, 3.05) is 6.61 Å². The number of aryl methyl sites for hydroxylation is 2. The van der Waals surface area contributed by atoms with E-state index in [2.05, 4.69) is 47.3 Å². The molecule has 0 fully saturated rings. The summed E-state index contributed by atoms with van der Waals surface area (Å²) in [5.74, 6) is -4.95. The van der Waals surface area contributed by atoms with Gasteiger partial charge >= 0.3 is 12.4 Å². The molecule has 0 spiro atoms. The van der Waals surface area contributed by atoms with Crippen molar-refractivity contribution in [1.29, 1.82) is 0 Å². The zero-order chi connectivity index (χ0) is 32.4. The molecule has 3 aromatic heterocycles. The van der Waals surface area contributed by atoms with E-state index in [0.29, 0.717) is 6.61 Å². The molecule has 1 N–H and O–H groups in total. The van der Waals surface area contributed by atoms with E-state index in [1.807, 2.05) is 31.4 Å². The Hall–Kier alpha value is -3.96. The van der Waals surface area contributed by atoms with E-state index in [1.54, 1.807) is 6.20 Å². The quantitative estimate of drug-likeness (QED) is 0.0613. The number of halogens is 6. The normalized spacial score (nSPS) is 13.1. The first-order chi connectivity index (χ1) is 20.6. The number of aliphatic hydroxyl groups is 1. The fourth-order valence-electron chi connectivity index (χ4n) is 4.49. The molecule has 0 saturated carbocycles. The Morgan fingerprint density at radius 1 is 1.04 bits per heavy atom. The van der Waals surface area contributed by atoms with Crippen LogP contribution in [0.3, 0.4) is 0 Å². The van der Waals surface area contributed by atoms with Crippen LogP contribution in [-0.2, 0) is 24.9 Å². The summed E-state index contributed by atoms with van der Waals surface area (Å²) in [7, 11) is 0. The van der Waals surface area contributed by atoms with E-state index in [1.165, 1.54) is 16.3 Å². The predicted molar refractivity (Wildman–Crippen MR) is 154 cm³/mol. The van der Waals surface area contributed by atoms with E-state index >= 15 is 0 Å². The second kappa shape index (κ2) is 14.0. The minimum Gasteiger partial charge on any atom is -0.504 e. The number of nitrogens with zero attached hydrogens (tertiary/aromatic N) is 3. The van der Waals surface area contributed by atoms with Crippen LogP contribution >= 0.6 is 0 Å². The molecule has 5 rings (SSSR count). The van der Waals surface area contributed by atoms with Crippen molar-refractivity contribution in [3.63, 3.8) is 0 Å². The minimum absolute atomic E-state index is 0. The molecule has 0 saturated heterocycles. The first-order valence-corrected chi connectivity index (χ1v) is 13.5. The number of carbonyl (C=O) groups is 1. The largest absolute Gasteiger partial charge is 0.504 e. The van der Waals surface area contributed by atoms with E-state index < -0.39 is 35.0 Å². The molecule has 6 nitrogen and oxygen atoms in total. The summed E-state index contributed by atoms with van der Waals surface area (Å²) in [6.45, 7) is 8.27. The maximum atomic E-state index is 12.6. The summed E-state index contributed by atoms with van der Waals surface area (Å²) in [4.78, 5) is 15.9. The van der Waals surface area contributed by atoms with Crippen molar-refractivity contribution in [3.8, 4) is 5.75 Å². The van der Waals surface area contributed by atoms with Crippen molar-refractivity contribution in [1.82, 2.24) is 14.6 Å². The predicted octanol–water partition coefficient (Wildman–Crippen LogP) is 8.52. The van der Waals surface area contributed by atoms with Gasteiger partial charge in [0.25, 0.3) is 5.78 Å². The monoisotopic (exact) mass is 809 g/mol. The van der Waals surface area contributed by atoms with Gasteiger partial charge in [-0.05, 0) is 65.3 Å². The fraction of sp³-hybridized carbons (Fsp3) is 0.281. The Balaban J connectivity index is 0.000000246. The SMILES string of the molecule is CCC(C)COc1ccc(/C(C(=O)C(F)(F)F)=C(/O)C(F)(F)F)cc1.Cc1cc2c3cccc(C)c3c3ncc[c-]c3n2n1.[Ir]. The van der Waals surface area contributed by atoms with Crippen LogP contribution in [0.1, 0.15) is 37.1 Å². The number of rotatable bonds is 6. The molecule has 0 aliphatic rings. The molecule has 0 aliphatic carbocycles. The van der Waals surface area contributed by atoms with E-state index in [0.717, 1.165) is 52.9 Å². The number of pyridine rings is 2. The Bertz CT molecular complexity index is 1850. The van der Waals surface area contributed by atoms with Crippen LogP contribution in [0, 0.1) is 25.8 Å². The molecule has 1 unspecified atom stereocenters. The molecule has 13 heteroatoms. The maximum absolute atomic E-state index is 12.6. The number of Topliss-reactive ketones (excluding diaryl/α,β-unsaturated/α-hetero) is 1. The number of hydrogen-bond acceptors (Lipinski definition) is 5. The van der Waals surface area contributed by atoms with Crippen LogP contribution in [0.5, 0.6) is 5.75 Å². The number of ketones is 1. The smallest absolute Gasteiger partial charge is 0.455 e. The number of alkyl halides is 6. The molecule has 0 aliphatic heterocycles. The van der Waals surface area contributed by atoms with Gasteiger partial charge in [0, 0.05) is 20.1 Å². The zero-order valence-corrected chi connectivity index (χ0v) is 26.9. The number of carbonyl (C=O) groups excluding carboxylic acids is 1. The number of benzene rings is 2. The average Bonchev–Trinajstić information content (AvgIpc) is 3.38. The number of ether oxygens (including phenoxy) is 1. The van der Waals surface area contributed by atoms with Crippen molar-refractivity contribution in [2.24, 2.45) is 5.92 Å². The maximum Gasteiger partial charge on any atom is 0.455 e. The second-order valence-corrected chi connectivity index (χ2v) is 10.3. The van der Waals surface area contributed by atoms with Gasteiger partial charge in [0.2, 0.25) is 5.76 Å². The third-order valence-corrected chi connectivity index (χ3v) is 6.92. The van der Waals surface area contributed by atoms with Crippen LogP contribution in [0.4, 0.5) is 26.3 Å². The van der Waals surface area contributed by atoms with Gasteiger partial charge in [-0.25, -0.2) is 0 Å². The Kier molecular flexibility index (Phi) is 11.0. The average molecular weight is 809 g/mol. The van der Waals surface area contributed by atoms with Gasteiger partial charge in [0.15, 0.2) is 0 Å². The zero-order valence-electron chi connectivity index (χ0n) is 24.5. The van der Waals surface area contributed by atoms with Gasteiger partial charge in [-0.3, -0.25) is 9.31 Å². The summed E-state index contributed by atoms with van der Waals surface area (Å²) < 4.78 is 82.8. The summed E-state index contributed by atoms with van der Waals surface area (Å²) >= 11 is 0. The summed E-state index contributed by atoms with van der Waals surface area (Å²) in [6, 6.07) is 17.5. The second-order valence-electron chi connectivity index (χ2n) is 10.3. The van der Waals surface area contributed by atoms with Gasteiger partial charge in [0.05, 0.1) is 23.4 Å². The third-order valence-electron chi connectivity index (χ3n) is 6.92. The molecule has 1 radical (unpaired) electrons. The van der Waals surface area contributed by atoms with Crippen molar-refractivity contribution >= 4 is 38.7 Å². The first kappa shape index (κ1) is 35.5. The molecular weight excluding hydrogens is 781 g/mol.